The topological polar surface area (TPSA) is 64.7 Å². The van der Waals surface area contributed by atoms with Crippen molar-refractivity contribution in [2.75, 3.05) is 41.7 Å². The molecule has 3 rings (SSSR count). The van der Waals surface area contributed by atoms with Crippen LogP contribution in [0, 0.1) is 18.3 Å². The molecule has 6 nitrogen and oxygen atoms in total. The predicted molar refractivity (Wildman–Crippen MR) is 137 cm³/mol. The highest BCUT2D eigenvalue weighted by Gasteiger charge is 2.24. The lowest BCUT2D eigenvalue weighted by molar-refractivity contribution is -0.132. The predicted octanol–water partition coefficient (Wildman–Crippen LogP) is 5.75. The van der Waals surface area contributed by atoms with Crippen molar-refractivity contribution in [1.29, 1.82) is 0 Å². The van der Waals surface area contributed by atoms with Gasteiger partial charge in [0.05, 0.1) is 0 Å². The minimum atomic E-state index is -0.264. The lowest BCUT2D eigenvalue weighted by Crippen LogP contribution is -2.49. The minimum Gasteiger partial charge on any atom is -0.368 e. The smallest absolute Gasteiger partial charge is 0.323 e. The molecule has 1 aliphatic heterocycles. The normalized spacial score (nSPS) is 15.2. The molecule has 2 aromatic carbocycles. The number of nitrogens with one attached hydrogen (secondary N) is 2. The molecule has 1 atom stereocenters. The average Bonchev–Trinajstić information content (AvgIpc) is 2.74. The van der Waals surface area contributed by atoms with Crippen LogP contribution in [0.5, 0.6) is 0 Å². The Balaban J connectivity index is 1.45. The van der Waals surface area contributed by atoms with Gasteiger partial charge in [0.2, 0.25) is 5.91 Å². The first-order chi connectivity index (χ1) is 15.6. The van der Waals surface area contributed by atoms with E-state index in [1.807, 2.05) is 60.4 Å². The van der Waals surface area contributed by atoms with Crippen LogP contribution in [0.25, 0.3) is 0 Å². The minimum absolute atomic E-state index is 0.251. The van der Waals surface area contributed by atoms with Crippen molar-refractivity contribution in [2.45, 2.75) is 47.5 Å². The number of amides is 3. The van der Waals surface area contributed by atoms with Crippen LogP contribution in [0.4, 0.5) is 21.9 Å². The summed E-state index contributed by atoms with van der Waals surface area (Å²) in [5.74, 6) is 0.671. The number of carbonyl (C=O) groups excluding carboxylic acids is 2. The fraction of sp³-hybridized carbons (Fsp3) is 0.481. The monoisotopic (exact) mass is 450 g/mol. The number of carbonyl (C=O) groups is 2. The SMILES string of the molecule is Cc1ccc(NC(=O)Nc2ccc(N3CCN(C(=O)CC(C)CC(C)(C)C)CC3)cc2)cc1. The van der Waals surface area contributed by atoms with Gasteiger partial charge in [-0.2, -0.15) is 0 Å². The van der Waals surface area contributed by atoms with Gasteiger partial charge in [0.1, 0.15) is 0 Å². The van der Waals surface area contributed by atoms with E-state index in [1.54, 1.807) is 0 Å². The summed E-state index contributed by atoms with van der Waals surface area (Å²) in [5.41, 5.74) is 4.00. The Bertz CT molecular complexity index is 924. The number of urea groups is 1. The zero-order valence-electron chi connectivity index (χ0n) is 20.6. The Kier molecular flexibility index (Phi) is 8.01. The first kappa shape index (κ1) is 24.6. The van der Waals surface area contributed by atoms with E-state index in [9.17, 15) is 9.59 Å². The summed E-state index contributed by atoms with van der Waals surface area (Å²) in [7, 11) is 0. The maximum Gasteiger partial charge on any atom is 0.323 e. The van der Waals surface area contributed by atoms with Gasteiger partial charge in [0.15, 0.2) is 0 Å². The number of hydrogen-bond acceptors (Lipinski definition) is 3. The third-order valence-corrected chi connectivity index (χ3v) is 5.92. The maximum atomic E-state index is 12.7. The molecular weight excluding hydrogens is 412 g/mol. The number of nitrogens with zero attached hydrogens (tertiary/aromatic N) is 2. The van der Waals surface area contributed by atoms with Crippen molar-refractivity contribution in [3.8, 4) is 0 Å². The van der Waals surface area contributed by atoms with E-state index < -0.39 is 0 Å². The first-order valence-corrected chi connectivity index (χ1v) is 11.9. The molecule has 2 aromatic rings. The van der Waals surface area contributed by atoms with E-state index in [2.05, 4.69) is 43.2 Å². The number of rotatable bonds is 6. The second-order valence-corrected chi connectivity index (χ2v) is 10.4. The van der Waals surface area contributed by atoms with Crippen LogP contribution in [0.1, 0.15) is 46.1 Å². The highest BCUT2D eigenvalue weighted by Crippen LogP contribution is 2.27. The van der Waals surface area contributed by atoms with Crippen LogP contribution >= 0.6 is 0 Å². The molecule has 0 aliphatic carbocycles. The second-order valence-electron chi connectivity index (χ2n) is 10.4. The van der Waals surface area contributed by atoms with Crippen molar-refractivity contribution in [3.05, 3.63) is 54.1 Å². The Morgan fingerprint density at radius 1 is 0.879 bits per heavy atom. The Labute approximate surface area is 198 Å². The van der Waals surface area contributed by atoms with Crippen molar-refractivity contribution in [2.24, 2.45) is 11.3 Å². The largest absolute Gasteiger partial charge is 0.368 e. The molecular formula is C27H38N4O2. The summed E-state index contributed by atoms with van der Waals surface area (Å²) < 4.78 is 0. The summed E-state index contributed by atoms with van der Waals surface area (Å²) in [6.07, 6.45) is 1.68. The highest BCUT2D eigenvalue weighted by molar-refractivity contribution is 5.99. The molecule has 0 saturated carbocycles. The quantitative estimate of drug-likeness (QED) is 0.589. The molecule has 1 saturated heterocycles. The Morgan fingerprint density at radius 3 is 1.91 bits per heavy atom. The van der Waals surface area contributed by atoms with Crippen LogP contribution in [0.3, 0.4) is 0 Å². The van der Waals surface area contributed by atoms with E-state index in [4.69, 9.17) is 0 Å². The molecule has 1 fully saturated rings. The summed E-state index contributed by atoms with van der Waals surface area (Å²) >= 11 is 0. The lowest BCUT2D eigenvalue weighted by Gasteiger charge is -2.37. The van der Waals surface area contributed by atoms with Crippen molar-refractivity contribution >= 4 is 29.0 Å². The summed E-state index contributed by atoms with van der Waals surface area (Å²) in [6.45, 7) is 14.0. The molecule has 1 heterocycles. The van der Waals surface area contributed by atoms with Gasteiger partial charge in [0.25, 0.3) is 0 Å². The molecule has 1 unspecified atom stereocenters. The van der Waals surface area contributed by atoms with Crippen LogP contribution in [-0.2, 0) is 4.79 Å². The molecule has 0 bridgehead atoms. The molecule has 0 radical (unpaired) electrons. The number of benzene rings is 2. The zero-order chi connectivity index (χ0) is 24.0. The summed E-state index contributed by atoms with van der Waals surface area (Å²) in [4.78, 5) is 29.2. The third kappa shape index (κ3) is 7.81. The number of aryl methyl sites for hydroxylation is 1. The van der Waals surface area contributed by atoms with Crippen LogP contribution < -0.4 is 15.5 Å². The summed E-state index contributed by atoms with van der Waals surface area (Å²) in [5, 5.41) is 5.71. The van der Waals surface area contributed by atoms with Crippen LogP contribution in [0.15, 0.2) is 48.5 Å². The molecule has 6 heteroatoms. The van der Waals surface area contributed by atoms with Crippen molar-refractivity contribution < 1.29 is 9.59 Å². The number of anilines is 3. The van der Waals surface area contributed by atoms with Gasteiger partial charge >= 0.3 is 6.03 Å². The fourth-order valence-corrected chi connectivity index (χ4v) is 4.44. The van der Waals surface area contributed by atoms with E-state index in [0.717, 1.165) is 55.2 Å². The van der Waals surface area contributed by atoms with Gasteiger partial charge in [-0.15, -0.1) is 0 Å². The molecule has 3 amide bonds. The van der Waals surface area contributed by atoms with Gasteiger partial charge < -0.3 is 20.4 Å². The first-order valence-electron chi connectivity index (χ1n) is 11.9. The molecule has 33 heavy (non-hydrogen) atoms. The van der Waals surface area contributed by atoms with Crippen LogP contribution in [-0.4, -0.2) is 43.0 Å². The van der Waals surface area contributed by atoms with Crippen molar-refractivity contribution in [1.82, 2.24) is 4.90 Å². The van der Waals surface area contributed by atoms with Crippen LogP contribution in [0.2, 0.25) is 0 Å². The average molecular weight is 451 g/mol. The summed E-state index contributed by atoms with van der Waals surface area (Å²) in [6, 6.07) is 15.3. The Hall–Kier alpha value is -3.02. The molecule has 0 aromatic heterocycles. The number of hydrogen-bond donors (Lipinski definition) is 2. The van der Waals surface area contributed by atoms with Gasteiger partial charge in [-0.25, -0.2) is 4.79 Å². The van der Waals surface area contributed by atoms with Gasteiger partial charge in [0, 0.05) is 49.7 Å². The number of piperazine rings is 1. The van der Waals surface area contributed by atoms with E-state index in [0.29, 0.717) is 12.3 Å². The molecule has 2 N–H and O–H groups in total. The van der Waals surface area contributed by atoms with Crippen molar-refractivity contribution in [3.63, 3.8) is 0 Å². The molecule has 178 valence electrons. The maximum absolute atomic E-state index is 12.7. The van der Waals surface area contributed by atoms with Gasteiger partial charge in [-0.05, 0) is 61.1 Å². The second kappa shape index (κ2) is 10.7. The van der Waals surface area contributed by atoms with E-state index >= 15 is 0 Å². The molecule has 1 aliphatic rings. The zero-order valence-corrected chi connectivity index (χ0v) is 20.6. The highest BCUT2D eigenvalue weighted by atomic mass is 16.2. The van der Waals surface area contributed by atoms with E-state index in [1.165, 1.54) is 0 Å². The lowest BCUT2D eigenvalue weighted by atomic mass is 9.84. The Morgan fingerprint density at radius 2 is 1.39 bits per heavy atom. The van der Waals surface area contributed by atoms with E-state index in [-0.39, 0.29) is 17.4 Å². The third-order valence-electron chi connectivity index (χ3n) is 5.92. The van der Waals surface area contributed by atoms with Gasteiger partial charge in [-0.3, -0.25) is 4.79 Å². The fourth-order valence-electron chi connectivity index (χ4n) is 4.44. The molecule has 0 spiro atoms. The standard InChI is InChI=1S/C27H38N4O2/c1-20-6-8-22(9-7-20)28-26(33)29-23-10-12-24(13-11-23)30-14-16-31(17-15-30)25(32)18-21(2)19-27(3,4)5/h6-13,21H,14-19H2,1-5H3,(H2,28,29,33). The van der Waals surface area contributed by atoms with Gasteiger partial charge in [-0.1, -0.05) is 45.4 Å².